The van der Waals surface area contributed by atoms with Gasteiger partial charge in [0.2, 0.25) is 0 Å². The fourth-order valence-corrected chi connectivity index (χ4v) is 2.91. The number of nitrogens with zero attached hydrogens (tertiary/aromatic N) is 1. The highest BCUT2D eigenvalue weighted by Gasteiger charge is 2.63. The maximum Gasteiger partial charge on any atom is 0.348 e. The molecule has 0 N–H and O–H groups in total. The van der Waals surface area contributed by atoms with Crippen LogP contribution in [0, 0.1) is 0 Å². The summed E-state index contributed by atoms with van der Waals surface area (Å²) in [5.41, 5.74) is 1.08. The molecule has 1 saturated heterocycles. The van der Waals surface area contributed by atoms with Gasteiger partial charge in [0, 0.05) is 11.6 Å². The van der Waals surface area contributed by atoms with E-state index in [1.54, 1.807) is 49.6 Å². The Kier molecular flexibility index (Phi) is 3.98. The van der Waals surface area contributed by atoms with Crippen LogP contribution in [-0.4, -0.2) is 23.8 Å². The minimum atomic E-state index is -3.41. The second-order valence-corrected chi connectivity index (χ2v) is 5.80. The molecule has 1 unspecified atom stereocenters. The zero-order valence-electron chi connectivity index (χ0n) is 12.3. The number of rotatable bonds is 4. The van der Waals surface area contributed by atoms with Crippen LogP contribution in [0.1, 0.15) is 17.2 Å². The van der Waals surface area contributed by atoms with Gasteiger partial charge in [0.25, 0.3) is 5.91 Å². The molecule has 120 valence electrons. The largest absolute Gasteiger partial charge is 0.497 e. The number of halogens is 3. The molecule has 0 aromatic heterocycles. The number of carbonyl (C=O) groups excluding carboxylic acids is 1. The van der Waals surface area contributed by atoms with E-state index in [1.165, 1.54) is 6.07 Å². The Bertz CT molecular complexity index is 734. The number of methoxy groups -OCH3 is 1. The molecule has 1 aliphatic heterocycles. The normalized spacial score (nSPS) is 19.4. The molecule has 1 atom stereocenters. The van der Waals surface area contributed by atoms with Gasteiger partial charge in [-0.2, -0.15) is 8.78 Å². The van der Waals surface area contributed by atoms with Crippen LogP contribution in [0.5, 0.6) is 5.75 Å². The Morgan fingerprint density at radius 1 is 1.22 bits per heavy atom. The summed E-state index contributed by atoms with van der Waals surface area (Å²) in [5.74, 6) is -3.91. The molecular weight excluding hydrogens is 324 g/mol. The minimum absolute atomic E-state index is 0.107. The second-order valence-electron chi connectivity index (χ2n) is 5.36. The molecule has 6 heteroatoms. The molecule has 1 amide bonds. The molecule has 0 bridgehead atoms. The van der Waals surface area contributed by atoms with Gasteiger partial charge in [0.15, 0.2) is 0 Å². The number of hydrogen-bond acceptors (Lipinski definition) is 2. The summed E-state index contributed by atoms with van der Waals surface area (Å²) in [4.78, 5) is 13.0. The van der Waals surface area contributed by atoms with Crippen LogP contribution in [0.3, 0.4) is 0 Å². The third-order valence-electron chi connectivity index (χ3n) is 3.88. The number of benzene rings is 2. The van der Waals surface area contributed by atoms with Crippen LogP contribution in [0.2, 0.25) is 5.02 Å². The lowest BCUT2D eigenvalue weighted by Gasteiger charge is -2.46. The molecule has 1 heterocycles. The summed E-state index contributed by atoms with van der Waals surface area (Å²) in [6.45, 7) is 0.107. The van der Waals surface area contributed by atoms with Crippen LogP contribution in [-0.2, 0) is 11.3 Å². The molecular formula is C17H14ClF2NO2. The first-order valence-electron chi connectivity index (χ1n) is 7.01. The molecule has 0 saturated carbocycles. The van der Waals surface area contributed by atoms with Crippen molar-refractivity contribution in [2.45, 2.75) is 18.5 Å². The first-order valence-corrected chi connectivity index (χ1v) is 7.38. The Labute approximate surface area is 137 Å². The first kappa shape index (κ1) is 15.7. The van der Waals surface area contributed by atoms with Crippen molar-refractivity contribution in [2.75, 3.05) is 7.11 Å². The van der Waals surface area contributed by atoms with Gasteiger partial charge in [-0.15, -0.1) is 0 Å². The third kappa shape index (κ3) is 2.77. The Morgan fingerprint density at radius 2 is 1.91 bits per heavy atom. The number of likely N-dealkylation sites (tertiary alicyclic amines) is 1. The quantitative estimate of drug-likeness (QED) is 0.787. The lowest BCUT2D eigenvalue weighted by atomic mass is 9.89. The van der Waals surface area contributed by atoms with Crippen molar-refractivity contribution in [2.24, 2.45) is 0 Å². The number of carbonyl (C=O) groups is 1. The lowest BCUT2D eigenvalue weighted by molar-refractivity contribution is -0.207. The molecule has 0 spiro atoms. The molecule has 0 radical (unpaired) electrons. The lowest BCUT2D eigenvalue weighted by Crippen LogP contribution is -2.63. The van der Waals surface area contributed by atoms with Gasteiger partial charge in [0.1, 0.15) is 11.8 Å². The summed E-state index contributed by atoms with van der Waals surface area (Å²) in [6.07, 6.45) is 0. The first-order chi connectivity index (χ1) is 10.9. The predicted octanol–water partition coefficient (Wildman–Crippen LogP) is 4.07. The van der Waals surface area contributed by atoms with E-state index in [0.717, 1.165) is 10.5 Å². The van der Waals surface area contributed by atoms with E-state index in [4.69, 9.17) is 16.3 Å². The van der Waals surface area contributed by atoms with Crippen LogP contribution < -0.4 is 4.74 Å². The van der Waals surface area contributed by atoms with Gasteiger partial charge in [-0.25, -0.2) is 0 Å². The van der Waals surface area contributed by atoms with Crippen LogP contribution in [0.25, 0.3) is 0 Å². The topological polar surface area (TPSA) is 29.5 Å². The molecule has 2 aromatic carbocycles. The maximum atomic E-state index is 14.0. The van der Waals surface area contributed by atoms with Crippen molar-refractivity contribution in [1.29, 1.82) is 0 Å². The minimum Gasteiger partial charge on any atom is -0.497 e. The number of hydrogen-bond donors (Lipinski definition) is 0. The fourth-order valence-electron chi connectivity index (χ4n) is 2.71. The molecule has 3 nitrogen and oxygen atoms in total. The Balaban J connectivity index is 1.86. The van der Waals surface area contributed by atoms with Crippen LogP contribution in [0.15, 0.2) is 48.5 Å². The highest BCUT2D eigenvalue weighted by Crippen LogP contribution is 2.48. The van der Waals surface area contributed by atoms with Gasteiger partial charge in [0.05, 0.1) is 7.11 Å². The zero-order chi connectivity index (χ0) is 16.6. The van der Waals surface area contributed by atoms with E-state index in [-0.39, 0.29) is 6.54 Å². The van der Waals surface area contributed by atoms with Crippen molar-refractivity contribution in [3.05, 3.63) is 64.7 Å². The van der Waals surface area contributed by atoms with E-state index in [1.807, 2.05) is 0 Å². The summed E-state index contributed by atoms with van der Waals surface area (Å²) in [5, 5.41) is 0.363. The smallest absolute Gasteiger partial charge is 0.348 e. The van der Waals surface area contributed by atoms with Crippen molar-refractivity contribution in [3.8, 4) is 5.75 Å². The van der Waals surface area contributed by atoms with Gasteiger partial charge >= 0.3 is 5.92 Å². The predicted molar refractivity (Wildman–Crippen MR) is 82.7 cm³/mol. The van der Waals surface area contributed by atoms with E-state index in [9.17, 15) is 13.6 Å². The SMILES string of the molecule is COc1ccc(CN2C(=O)C(F)(F)C2c2cccc(Cl)c2)cc1. The number of β-lactam (4-membered cyclic amide) rings is 1. The summed E-state index contributed by atoms with van der Waals surface area (Å²) in [7, 11) is 1.55. The second kappa shape index (κ2) is 5.81. The average molecular weight is 338 g/mol. The van der Waals surface area contributed by atoms with E-state index >= 15 is 0 Å². The van der Waals surface area contributed by atoms with Crippen molar-refractivity contribution in [3.63, 3.8) is 0 Å². The van der Waals surface area contributed by atoms with Gasteiger partial charge in [-0.05, 0) is 35.4 Å². The zero-order valence-corrected chi connectivity index (χ0v) is 13.1. The third-order valence-corrected chi connectivity index (χ3v) is 4.11. The summed E-state index contributed by atoms with van der Waals surface area (Å²) >= 11 is 5.88. The van der Waals surface area contributed by atoms with E-state index in [2.05, 4.69) is 0 Å². The Morgan fingerprint density at radius 3 is 2.52 bits per heavy atom. The van der Waals surface area contributed by atoms with Crippen LogP contribution in [0.4, 0.5) is 8.78 Å². The van der Waals surface area contributed by atoms with Crippen LogP contribution >= 0.6 is 11.6 Å². The van der Waals surface area contributed by atoms with Gasteiger partial charge < -0.3 is 9.64 Å². The fraction of sp³-hybridized carbons (Fsp3) is 0.235. The molecule has 0 aliphatic carbocycles. The van der Waals surface area contributed by atoms with Gasteiger partial charge in [-0.1, -0.05) is 35.9 Å². The summed E-state index contributed by atoms with van der Waals surface area (Å²) < 4.78 is 33.1. The standard InChI is InChI=1S/C17H14ClF2NO2/c1-23-14-7-5-11(6-8-14)10-21-15(17(19,20)16(21)22)12-3-2-4-13(18)9-12/h2-9,15H,10H2,1H3. The molecule has 3 rings (SSSR count). The Hall–Kier alpha value is -2.14. The summed E-state index contributed by atoms with van der Waals surface area (Å²) in [6, 6.07) is 11.9. The maximum absolute atomic E-state index is 14.0. The van der Waals surface area contributed by atoms with Crippen molar-refractivity contribution in [1.82, 2.24) is 4.90 Å². The average Bonchev–Trinajstić information content (AvgIpc) is 2.54. The number of amides is 1. The highest BCUT2D eigenvalue weighted by molar-refractivity contribution is 6.30. The molecule has 23 heavy (non-hydrogen) atoms. The van der Waals surface area contributed by atoms with E-state index < -0.39 is 17.9 Å². The van der Waals surface area contributed by atoms with Gasteiger partial charge in [-0.3, -0.25) is 4.79 Å². The van der Waals surface area contributed by atoms with Crippen molar-refractivity contribution < 1.29 is 18.3 Å². The number of ether oxygens (including phenoxy) is 1. The monoisotopic (exact) mass is 337 g/mol. The van der Waals surface area contributed by atoms with E-state index in [0.29, 0.717) is 16.3 Å². The highest BCUT2D eigenvalue weighted by atomic mass is 35.5. The van der Waals surface area contributed by atoms with Crippen molar-refractivity contribution >= 4 is 17.5 Å². The molecule has 1 aliphatic rings. The number of alkyl halides is 2. The molecule has 2 aromatic rings. The molecule has 1 fully saturated rings.